The highest BCUT2D eigenvalue weighted by atomic mass is 32.2. The van der Waals surface area contributed by atoms with Gasteiger partial charge in [-0.3, -0.25) is 4.79 Å². The Hall–Kier alpha value is -1.00. The number of benzene rings is 1. The minimum atomic E-state index is -0.200. The normalized spacial score (nSPS) is 24.1. The predicted octanol–water partition coefficient (Wildman–Crippen LogP) is 2.81. The number of thioether (sulfide) groups is 1. The molecular weight excluding hydrogens is 256 g/mol. The van der Waals surface area contributed by atoms with Crippen molar-refractivity contribution in [2.24, 2.45) is 5.73 Å². The third kappa shape index (κ3) is 2.79. The van der Waals surface area contributed by atoms with Crippen LogP contribution in [0.5, 0.6) is 0 Å². The van der Waals surface area contributed by atoms with Gasteiger partial charge < -0.3 is 10.6 Å². The maximum absolute atomic E-state index is 12.2. The van der Waals surface area contributed by atoms with Crippen LogP contribution < -0.4 is 5.73 Å². The van der Waals surface area contributed by atoms with Gasteiger partial charge in [-0.1, -0.05) is 12.1 Å². The number of amides is 1. The molecule has 1 aliphatic heterocycles. The Bertz CT molecular complexity index is 464. The van der Waals surface area contributed by atoms with E-state index in [-0.39, 0.29) is 23.5 Å². The van der Waals surface area contributed by atoms with E-state index in [1.807, 2.05) is 4.90 Å². The lowest BCUT2D eigenvalue weighted by Gasteiger charge is -2.38. The standard InChI is InChI=1S/C15H22N2OS/c1-15(2,3)17-13(18)9-12(16)14(17)10-5-7-11(19-4)8-6-10/h5-8,12,14H,9,16H2,1-4H3. The zero-order valence-corrected chi connectivity index (χ0v) is 12.8. The van der Waals surface area contributed by atoms with E-state index >= 15 is 0 Å². The van der Waals surface area contributed by atoms with E-state index in [1.54, 1.807) is 11.8 Å². The highest BCUT2D eigenvalue weighted by Gasteiger charge is 2.43. The molecule has 1 saturated heterocycles. The monoisotopic (exact) mass is 278 g/mol. The number of nitrogens with two attached hydrogens (primary N) is 1. The molecule has 0 bridgehead atoms. The Balaban J connectivity index is 2.36. The molecule has 0 spiro atoms. The Labute approximate surface area is 119 Å². The molecule has 1 heterocycles. The summed E-state index contributed by atoms with van der Waals surface area (Å²) in [5, 5.41) is 0. The molecule has 0 saturated carbocycles. The lowest BCUT2D eigenvalue weighted by molar-refractivity contribution is -0.133. The summed E-state index contributed by atoms with van der Waals surface area (Å²) in [6.07, 6.45) is 2.49. The number of hydrogen-bond donors (Lipinski definition) is 1. The third-order valence-electron chi connectivity index (χ3n) is 3.54. The number of hydrogen-bond acceptors (Lipinski definition) is 3. The molecule has 2 unspecified atom stereocenters. The summed E-state index contributed by atoms with van der Waals surface area (Å²) in [4.78, 5) is 15.3. The zero-order chi connectivity index (χ0) is 14.2. The smallest absolute Gasteiger partial charge is 0.225 e. The van der Waals surface area contributed by atoms with Crippen LogP contribution in [0.1, 0.15) is 38.8 Å². The maximum atomic E-state index is 12.2. The molecule has 0 radical (unpaired) electrons. The number of carbonyl (C=O) groups is 1. The van der Waals surface area contributed by atoms with E-state index in [9.17, 15) is 4.79 Å². The van der Waals surface area contributed by atoms with E-state index in [0.29, 0.717) is 6.42 Å². The number of nitrogens with zero attached hydrogens (tertiary/aromatic N) is 1. The Morgan fingerprint density at radius 3 is 2.32 bits per heavy atom. The van der Waals surface area contributed by atoms with Crippen molar-refractivity contribution in [2.75, 3.05) is 6.26 Å². The van der Waals surface area contributed by atoms with E-state index in [1.165, 1.54) is 4.90 Å². The van der Waals surface area contributed by atoms with Gasteiger partial charge in [-0.25, -0.2) is 0 Å². The van der Waals surface area contributed by atoms with Crippen LogP contribution in [0.3, 0.4) is 0 Å². The molecule has 4 heteroatoms. The summed E-state index contributed by atoms with van der Waals surface area (Å²) >= 11 is 1.72. The van der Waals surface area contributed by atoms with Crippen molar-refractivity contribution in [3.63, 3.8) is 0 Å². The van der Waals surface area contributed by atoms with Crippen molar-refractivity contribution in [2.45, 2.75) is 49.7 Å². The van der Waals surface area contributed by atoms with E-state index < -0.39 is 0 Å². The first-order valence-corrected chi connectivity index (χ1v) is 7.79. The average Bonchev–Trinajstić information content (AvgIpc) is 2.64. The minimum absolute atomic E-state index is 0.0107. The topological polar surface area (TPSA) is 46.3 Å². The molecule has 1 aromatic rings. The minimum Gasteiger partial charge on any atom is -0.329 e. The summed E-state index contributed by atoms with van der Waals surface area (Å²) in [5.74, 6) is 0.152. The van der Waals surface area contributed by atoms with Crippen LogP contribution in [-0.4, -0.2) is 28.6 Å². The van der Waals surface area contributed by atoms with E-state index in [0.717, 1.165) is 5.56 Å². The fourth-order valence-electron chi connectivity index (χ4n) is 2.75. The second-order valence-corrected chi connectivity index (χ2v) is 6.90. The SMILES string of the molecule is CSc1ccc(C2C(N)CC(=O)N2C(C)(C)C)cc1. The average molecular weight is 278 g/mol. The molecule has 2 rings (SSSR count). The van der Waals surface area contributed by atoms with Crippen LogP contribution in [0.15, 0.2) is 29.2 Å². The molecule has 3 nitrogen and oxygen atoms in total. The van der Waals surface area contributed by atoms with Gasteiger partial charge in [-0.15, -0.1) is 11.8 Å². The summed E-state index contributed by atoms with van der Waals surface area (Å²) in [6.45, 7) is 6.19. The first-order valence-electron chi connectivity index (χ1n) is 6.56. The lowest BCUT2D eigenvalue weighted by Crippen LogP contribution is -2.45. The van der Waals surface area contributed by atoms with Crippen molar-refractivity contribution < 1.29 is 4.79 Å². The van der Waals surface area contributed by atoms with E-state index in [2.05, 4.69) is 51.3 Å². The fourth-order valence-corrected chi connectivity index (χ4v) is 3.16. The zero-order valence-electron chi connectivity index (χ0n) is 12.0. The molecule has 19 heavy (non-hydrogen) atoms. The molecule has 2 atom stereocenters. The van der Waals surface area contributed by atoms with Crippen molar-refractivity contribution in [3.8, 4) is 0 Å². The summed E-state index contributed by atoms with van der Waals surface area (Å²) < 4.78 is 0. The Kier molecular flexibility index (Phi) is 3.92. The first kappa shape index (κ1) is 14.4. The van der Waals surface area contributed by atoms with Gasteiger partial charge in [0.2, 0.25) is 5.91 Å². The number of likely N-dealkylation sites (tertiary alicyclic amines) is 1. The molecule has 2 N–H and O–H groups in total. The van der Waals surface area contributed by atoms with Crippen molar-refractivity contribution in [1.82, 2.24) is 4.90 Å². The van der Waals surface area contributed by atoms with Crippen LogP contribution in [0, 0.1) is 0 Å². The van der Waals surface area contributed by atoms with Gasteiger partial charge in [0.1, 0.15) is 0 Å². The van der Waals surface area contributed by atoms with Crippen molar-refractivity contribution in [1.29, 1.82) is 0 Å². The van der Waals surface area contributed by atoms with Gasteiger partial charge in [-0.05, 0) is 44.7 Å². The van der Waals surface area contributed by atoms with Gasteiger partial charge in [0, 0.05) is 22.9 Å². The molecule has 0 aromatic heterocycles. The lowest BCUT2D eigenvalue weighted by atomic mass is 9.97. The summed E-state index contributed by atoms with van der Waals surface area (Å²) in [6, 6.07) is 8.24. The Morgan fingerprint density at radius 1 is 1.26 bits per heavy atom. The van der Waals surface area contributed by atoms with Crippen LogP contribution in [0.4, 0.5) is 0 Å². The van der Waals surface area contributed by atoms with E-state index in [4.69, 9.17) is 5.73 Å². The highest BCUT2D eigenvalue weighted by molar-refractivity contribution is 7.98. The van der Waals surface area contributed by atoms with Crippen LogP contribution in [-0.2, 0) is 4.79 Å². The molecule has 1 aromatic carbocycles. The van der Waals surface area contributed by atoms with Gasteiger partial charge in [-0.2, -0.15) is 0 Å². The van der Waals surface area contributed by atoms with Gasteiger partial charge in [0.25, 0.3) is 0 Å². The predicted molar refractivity (Wildman–Crippen MR) is 80.2 cm³/mol. The van der Waals surface area contributed by atoms with Crippen LogP contribution in [0.2, 0.25) is 0 Å². The second kappa shape index (κ2) is 5.17. The molecule has 104 valence electrons. The van der Waals surface area contributed by atoms with Gasteiger partial charge >= 0.3 is 0 Å². The first-order chi connectivity index (χ1) is 8.84. The van der Waals surface area contributed by atoms with Gasteiger partial charge in [0.05, 0.1) is 6.04 Å². The number of carbonyl (C=O) groups excluding carboxylic acids is 1. The summed E-state index contributed by atoms with van der Waals surface area (Å²) in [7, 11) is 0. The molecule has 1 fully saturated rings. The van der Waals surface area contributed by atoms with Crippen LogP contribution in [0.25, 0.3) is 0 Å². The fraction of sp³-hybridized carbons (Fsp3) is 0.533. The molecular formula is C15H22N2OS. The largest absolute Gasteiger partial charge is 0.329 e. The van der Waals surface area contributed by atoms with Gasteiger partial charge in [0.15, 0.2) is 0 Å². The molecule has 1 amide bonds. The van der Waals surface area contributed by atoms with Crippen molar-refractivity contribution in [3.05, 3.63) is 29.8 Å². The summed E-state index contributed by atoms with van der Waals surface area (Å²) in [5.41, 5.74) is 7.12. The molecule has 0 aliphatic carbocycles. The third-order valence-corrected chi connectivity index (χ3v) is 4.29. The highest BCUT2D eigenvalue weighted by Crippen LogP contribution is 2.37. The number of rotatable bonds is 2. The maximum Gasteiger partial charge on any atom is 0.225 e. The van der Waals surface area contributed by atoms with Crippen LogP contribution >= 0.6 is 11.8 Å². The molecule has 1 aliphatic rings. The second-order valence-electron chi connectivity index (χ2n) is 6.02. The quantitative estimate of drug-likeness (QED) is 0.846. The Morgan fingerprint density at radius 2 is 1.84 bits per heavy atom. The van der Waals surface area contributed by atoms with Crippen molar-refractivity contribution >= 4 is 17.7 Å².